The van der Waals surface area contributed by atoms with Gasteiger partial charge in [0.15, 0.2) is 5.82 Å². The molecular weight excluding hydrogens is 258 g/mol. The van der Waals surface area contributed by atoms with Gasteiger partial charge in [-0.3, -0.25) is 10.1 Å². The molecule has 20 heavy (non-hydrogen) atoms. The Kier molecular flexibility index (Phi) is 2.92. The van der Waals surface area contributed by atoms with E-state index >= 15 is 0 Å². The molecule has 0 atom stereocenters. The second-order valence-electron chi connectivity index (χ2n) is 4.05. The van der Waals surface area contributed by atoms with Crippen molar-refractivity contribution in [2.24, 2.45) is 0 Å². The molecule has 0 saturated carbocycles. The molecule has 1 aromatic heterocycles. The zero-order chi connectivity index (χ0) is 13.9. The Hall–Kier alpha value is -3.09. The van der Waals surface area contributed by atoms with Crippen LogP contribution in [-0.4, -0.2) is 25.1 Å². The molecule has 0 spiro atoms. The number of nitrogens with zero attached hydrogens (tertiary/aromatic N) is 5. The maximum atomic E-state index is 10.6. The second kappa shape index (κ2) is 4.88. The third-order valence-electron chi connectivity index (χ3n) is 2.81. The number of hydrogen-bond acceptors (Lipinski definition) is 5. The Balaban J connectivity index is 2.04. The molecule has 0 radical (unpaired) electrons. The van der Waals surface area contributed by atoms with Crippen LogP contribution >= 0.6 is 0 Å². The summed E-state index contributed by atoms with van der Waals surface area (Å²) in [6.45, 7) is 0. The number of benzene rings is 2. The summed E-state index contributed by atoms with van der Waals surface area (Å²) in [6.07, 6.45) is 0. The van der Waals surface area contributed by atoms with Gasteiger partial charge in [-0.1, -0.05) is 18.2 Å². The first-order valence-corrected chi connectivity index (χ1v) is 5.84. The van der Waals surface area contributed by atoms with E-state index in [4.69, 9.17) is 0 Å². The average molecular weight is 267 g/mol. The third-order valence-corrected chi connectivity index (χ3v) is 2.81. The first-order valence-electron chi connectivity index (χ1n) is 5.84. The van der Waals surface area contributed by atoms with E-state index in [0.29, 0.717) is 11.4 Å². The van der Waals surface area contributed by atoms with Crippen molar-refractivity contribution in [1.82, 2.24) is 20.2 Å². The van der Waals surface area contributed by atoms with Gasteiger partial charge in [-0.15, -0.1) is 5.10 Å². The number of para-hydroxylation sites is 1. The third kappa shape index (κ3) is 2.12. The molecule has 0 saturated heterocycles. The number of hydrogen-bond donors (Lipinski definition) is 0. The summed E-state index contributed by atoms with van der Waals surface area (Å²) in [5.74, 6) is 0.533. The van der Waals surface area contributed by atoms with Crippen molar-refractivity contribution in [2.45, 2.75) is 0 Å². The minimum atomic E-state index is -0.441. The van der Waals surface area contributed by atoms with E-state index in [1.165, 1.54) is 12.1 Å². The van der Waals surface area contributed by atoms with Crippen molar-refractivity contribution in [3.05, 3.63) is 64.7 Å². The van der Waals surface area contributed by atoms with Crippen LogP contribution in [0.15, 0.2) is 54.6 Å². The lowest BCUT2D eigenvalue weighted by atomic mass is 10.2. The zero-order valence-electron chi connectivity index (χ0n) is 10.2. The summed E-state index contributed by atoms with van der Waals surface area (Å²) in [5.41, 5.74) is 1.57. The van der Waals surface area contributed by atoms with Gasteiger partial charge in [0.2, 0.25) is 0 Å². The van der Waals surface area contributed by atoms with Crippen LogP contribution < -0.4 is 0 Å². The van der Waals surface area contributed by atoms with Gasteiger partial charge in [-0.2, -0.15) is 4.68 Å². The van der Waals surface area contributed by atoms with Gasteiger partial charge in [0.25, 0.3) is 5.69 Å². The first-order chi connectivity index (χ1) is 9.75. The van der Waals surface area contributed by atoms with Crippen LogP contribution in [0.4, 0.5) is 5.69 Å². The predicted octanol–water partition coefficient (Wildman–Crippen LogP) is 2.24. The van der Waals surface area contributed by atoms with Crippen LogP contribution in [-0.2, 0) is 0 Å². The van der Waals surface area contributed by atoms with Crippen LogP contribution in [0.1, 0.15) is 0 Å². The van der Waals surface area contributed by atoms with E-state index in [0.717, 1.165) is 5.69 Å². The zero-order valence-corrected chi connectivity index (χ0v) is 10.2. The van der Waals surface area contributed by atoms with Gasteiger partial charge >= 0.3 is 0 Å². The lowest BCUT2D eigenvalue weighted by Crippen LogP contribution is -1.99. The van der Waals surface area contributed by atoms with Crippen LogP contribution in [0, 0.1) is 10.1 Å². The molecule has 7 nitrogen and oxygen atoms in total. The molecule has 2 aromatic carbocycles. The number of aromatic nitrogens is 4. The molecule has 0 aliphatic heterocycles. The SMILES string of the molecule is O=[N+]([O-])c1ccc(-c2nnnn2-c2ccccc2)cc1. The topological polar surface area (TPSA) is 86.7 Å². The van der Waals surface area contributed by atoms with E-state index in [1.807, 2.05) is 30.3 Å². The summed E-state index contributed by atoms with van der Waals surface area (Å²) in [5, 5.41) is 22.2. The summed E-state index contributed by atoms with van der Waals surface area (Å²) in [7, 11) is 0. The second-order valence-corrected chi connectivity index (χ2v) is 4.05. The Morgan fingerprint density at radius 3 is 2.35 bits per heavy atom. The number of nitro groups is 1. The Morgan fingerprint density at radius 1 is 1.00 bits per heavy atom. The lowest BCUT2D eigenvalue weighted by molar-refractivity contribution is -0.384. The molecule has 0 bridgehead atoms. The molecule has 0 amide bonds. The monoisotopic (exact) mass is 267 g/mol. The molecule has 3 rings (SSSR count). The minimum Gasteiger partial charge on any atom is -0.258 e. The first kappa shape index (κ1) is 12.0. The highest BCUT2D eigenvalue weighted by Crippen LogP contribution is 2.21. The van der Waals surface area contributed by atoms with Gasteiger partial charge < -0.3 is 0 Å². The van der Waals surface area contributed by atoms with E-state index in [1.54, 1.807) is 16.8 Å². The van der Waals surface area contributed by atoms with Gasteiger partial charge in [0.1, 0.15) is 0 Å². The molecule has 3 aromatic rings. The van der Waals surface area contributed by atoms with Gasteiger partial charge in [0.05, 0.1) is 10.6 Å². The normalized spacial score (nSPS) is 10.4. The molecule has 98 valence electrons. The highest BCUT2D eigenvalue weighted by atomic mass is 16.6. The number of non-ortho nitro benzene ring substituents is 1. The van der Waals surface area contributed by atoms with Crippen molar-refractivity contribution in [3.8, 4) is 17.1 Å². The number of nitro benzene ring substituents is 1. The van der Waals surface area contributed by atoms with Crippen molar-refractivity contribution in [1.29, 1.82) is 0 Å². The van der Waals surface area contributed by atoms with Crippen molar-refractivity contribution < 1.29 is 4.92 Å². The standard InChI is InChI=1S/C13H9N5O2/c19-18(20)12-8-6-10(7-9-12)13-14-15-16-17(13)11-4-2-1-3-5-11/h1-9H. The summed E-state index contributed by atoms with van der Waals surface area (Å²) in [6, 6.07) is 15.5. The molecule has 0 fully saturated rings. The highest BCUT2D eigenvalue weighted by molar-refractivity contribution is 5.59. The van der Waals surface area contributed by atoms with Gasteiger partial charge in [-0.25, -0.2) is 0 Å². The van der Waals surface area contributed by atoms with Crippen LogP contribution in [0.3, 0.4) is 0 Å². The molecule has 1 heterocycles. The number of rotatable bonds is 3. The van der Waals surface area contributed by atoms with E-state index in [2.05, 4.69) is 15.5 Å². The Labute approximate surface area is 113 Å². The fourth-order valence-corrected chi connectivity index (χ4v) is 1.84. The molecular formula is C13H9N5O2. The Bertz CT molecular complexity index is 737. The van der Waals surface area contributed by atoms with Gasteiger partial charge in [0, 0.05) is 17.7 Å². The van der Waals surface area contributed by atoms with E-state index in [9.17, 15) is 10.1 Å². The lowest BCUT2D eigenvalue weighted by Gasteiger charge is -2.03. The maximum absolute atomic E-state index is 10.6. The fraction of sp³-hybridized carbons (Fsp3) is 0. The highest BCUT2D eigenvalue weighted by Gasteiger charge is 2.12. The number of tetrazole rings is 1. The summed E-state index contributed by atoms with van der Waals surface area (Å²) >= 11 is 0. The molecule has 0 unspecified atom stereocenters. The molecule has 0 aliphatic carbocycles. The predicted molar refractivity (Wildman–Crippen MR) is 71.2 cm³/mol. The van der Waals surface area contributed by atoms with E-state index in [-0.39, 0.29) is 5.69 Å². The van der Waals surface area contributed by atoms with E-state index < -0.39 is 4.92 Å². The fourth-order valence-electron chi connectivity index (χ4n) is 1.84. The van der Waals surface area contributed by atoms with Crippen LogP contribution in [0.2, 0.25) is 0 Å². The van der Waals surface area contributed by atoms with Crippen molar-refractivity contribution in [2.75, 3.05) is 0 Å². The molecule has 0 N–H and O–H groups in total. The van der Waals surface area contributed by atoms with Crippen LogP contribution in [0.25, 0.3) is 17.1 Å². The molecule has 7 heteroatoms. The van der Waals surface area contributed by atoms with Crippen LogP contribution in [0.5, 0.6) is 0 Å². The van der Waals surface area contributed by atoms with Crippen molar-refractivity contribution >= 4 is 5.69 Å². The smallest absolute Gasteiger partial charge is 0.258 e. The van der Waals surface area contributed by atoms with Gasteiger partial charge in [-0.05, 0) is 34.7 Å². The Morgan fingerprint density at radius 2 is 1.70 bits per heavy atom. The quantitative estimate of drug-likeness (QED) is 0.536. The minimum absolute atomic E-state index is 0.0347. The largest absolute Gasteiger partial charge is 0.269 e. The molecule has 0 aliphatic rings. The maximum Gasteiger partial charge on any atom is 0.269 e. The van der Waals surface area contributed by atoms with Crippen molar-refractivity contribution in [3.63, 3.8) is 0 Å². The summed E-state index contributed by atoms with van der Waals surface area (Å²) in [4.78, 5) is 10.2. The summed E-state index contributed by atoms with van der Waals surface area (Å²) < 4.78 is 1.58. The average Bonchev–Trinajstić information content (AvgIpc) is 2.97.